The number of esters is 2. The first-order valence-corrected chi connectivity index (χ1v) is 9.18. The maximum absolute atomic E-state index is 11.9. The normalized spacial score (nSPS) is 21.1. The SMILES string of the molecule is COC(=O)/C=C(C)/C=C/C=C(C)/C=C/C1=C(C)C[C@H](C(=O)OC)CC1(C)C. The molecule has 0 saturated carbocycles. The van der Waals surface area contributed by atoms with Gasteiger partial charge in [-0.1, -0.05) is 55.4 Å². The van der Waals surface area contributed by atoms with Gasteiger partial charge in [0.2, 0.25) is 0 Å². The van der Waals surface area contributed by atoms with Crippen LogP contribution in [0.1, 0.15) is 47.5 Å². The molecule has 1 atom stereocenters. The molecule has 1 aliphatic rings. The average Bonchev–Trinajstić information content (AvgIpc) is 2.59. The largest absolute Gasteiger partial charge is 0.469 e. The third kappa shape index (κ3) is 7.05. The predicted molar refractivity (Wildman–Crippen MR) is 109 cm³/mol. The van der Waals surface area contributed by atoms with Crippen LogP contribution < -0.4 is 0 Å². The van der Waals surface area contributed by atoms with Crippen LogP contribution in [0.25, 0.3) is 0 Å². The lowest BCUT2D eigenvalue weighted by atomic mass is 9.68. The highest BCUT2D eigenvalue weighted by Gasteiger charge is 2.36. The molecule has 0 aromatic rings. The van der Waals surface area contributed by atoms with E-state index in [1.807, 2.05) is 32.1 Å². The Balaban J connectivity index is 2.89. The summed E-state index contributed by atoms with van der Waals surface area (Å²) in [4.78, 5) is 23.1. The lowest BCUT2D eigenvalue weighted by Crippen LogP contribution is -2.30. The average molecular weight is 373 g/mol. The molecule has 0 saturated heterocycles. The lowest BCUT2D eigenvalue weighted by Gasteiger charge is -2.36. The zero-order valence-electron chi connectivity index (χ0n) is 17.6. The summed E-state index contributed by atoms with van der Waals surface area (Å²) in [5, 5.41) is 0. The van der Waals surface area contributed by atoms with E-state index in [0.717, 1.165) is 24.0 Å². The Morgan fingerprint density at radius 2 is 1.74 bits per heavy atom. The zero-order chi connectivity index (χ0) is 20.6. The number of ether oxygens (including phenoxy) is 2. The molecule has 148 valence electrons. The number of hydrogen-bond donors (Lipinski definition) is 0. The first kappa shape index (κ1) is 22.7. The summed E-state index contributed by atoms with van der Waals surface area (Å²) in [6, 6.07) is 0. The molecule has 4 nitrogen and oxygen atoms in total. The molecule has 0 aromatic carbocycles. The van der Waals surface area contributed by atoms with Crippen molar-refractivity contribution in [1.82, 2.24) is 0 Å². The number of allylic oxidation sites excluding steroid dienone is 9. The Hall–Kier alpha value is -2.36. The van der Waals surface area contributed by atoms with Gasteiger partial charge >= 0.3 is 11.9 Å². The Morgan fingerprint density at radius 1 is 1.07 bits per heavy atom. The van der Waals surface area contributed by atoms with E-state index >= 15 is 0 Å². The smallest absolute Gasteiger partial charge is 0.330 e. The van der Waals surface area contributed by atoms with E-state index in [-0.39, 0.29) is 23.3 Å². The predicted octanol–water partition coefficient (Wildman–Crippen LogP) is 5.09. The quantitative estimate of drug-likeness (QED) is 0.370. The van der Waals surface area contributed by atoms with E-state index in [4.69, 9.17) is 4.74 Å². The minimum atomic E-state index is -0.357. The van der Waals surface area contributed by atoms with Crippen molar-refractivity contribution in [2.24, 2.45) is 11.3 Å². The van der Waals surface area contributed by atoms with Gasteiger partial charge in [-0.15, -0.1) is 0 Å². The Bertz CT molecular complexity index is 715. The second-order valence-corrected chi connectivity index (χ2v) is 7.72. The van der Waals surface area contributed by atoms with Gasteiger partial charge in [0.15, 0.2) is 0 Å². The Kier molecular flexibility index (Phi) is 8.48. The van der Waals surface area contributed by atoms with Crippen molar-refractivity contribution in [3.8, 4) is 0 Å². The fourth-order valence-corrected chi connectivity index (χ4v) is 3.47. The Morgan fingerprint density at radius 3 is 2.30 bits per heavy atom. The number of hydrogen-bond acceptors (Lipinski definition) is 4. The van der Waals surface area contributed by atoms with Crippen molar-refractivity contribution < 1.29 is 19.1 Å². The first-order chi connectivity index (χ1) is 12.6. The minimum absolute atomic E-state index is 0.0636. The molecule has 0 radical (unpaired) electrons. The Labute approximate surface area is 163 Å². The maximum Gasteiger partial charge on any atom is 0.330 e. The van der Waals surface area contributed by atoms with Gasteiger partial charge in [-0.2, -0.15) is 0 Å². The topological polar surface area (TPSA) is 52.6 Å². The molecule has 0 bridgehead atoms. The first-order valence-electron chi connectivity index (χ1n) is 9.18. The van der Waals surface area contributed by atoms with Crippen LogP contribution in [0.2, 0.25) is 0 Å². The summed E-state index contributed by atoms with van der Waals surface area (Å²) in [6.45, 7) is 10.3. The van der Waals surface area contributed by atoms with Gasteiger partial charge in [0.25, 0.3) is 0 Å². The van der Waals surface area contributed by atoms with E-state index in [1.54, 1.807) is 0 Å². The van der Waals surface area contributed by atoms with Crippen LogP contribution >= 0.6 is 0 Å². The highest BCUT2D eigenvalue weighted by atomic mass is 16.5. The lowest BCUT2D eigenvalue weighted by molar-refractivity contribution is -0.146. The fraction of sp³-hybridized carbons (Fsp3) is 0.478. The molecule has 0 heterocycles. The van der Waals surface area contributed by atoms with Crippen molar-refractivity contribution in [2.45, 2.75) is 47.5 Å². The molecular formula is C23H32O4. The van der Waals surface area contributed by atoms with Crippen LogP contribution in [0.15, 0.2) is 58.7 Å². The van der Waals surface area contributed by atoms with Crippen molar-refractivity contribution in [1.29, 1.82) is 0 Å². The molecule has 0 fully saturated rings. The zero-order valence-corrected chi connectivity index (χ0v) is 17.6. The van der Waals surface area contributed by atoms with Gasteiger partial charge in [0.05, 0.1) is 20.1 Å². The van der Waals surface area contributed by atoms with Gasteiger partial charge in [-0.25, -0.2) is 4.79 Å². The van der Waals surface area contributed by atoms with Crippen LogP contribution in [-0.2, 0) is 19.1 Å². The molecule has 0 amide bonds. The standard InChI is InChI=1S/C23H32O4/c1-16(9-8-10-17(2)13-21(24)26-6)11-12-20-18(3)14-19(22(25)27-7)15-23(20,4)5/h8-13,19H,14-15H2,1-7H3/b10-8+,12-11+,16-9+,17-13+/t19-/m0/s1. The molecule has 1 rings (SSSR count). The van der Waals surface area contributed by atoms with E-state index in [0.29, 0.717) is 0 Å². The summed E-state index contributed by atoms with van der Waals surface area (Å²) >= 11 is 0. The van der Waals surface area contributed by atoms with E-state index in [1.165, 1.54) is 31.4 Å². The third-order valence-electron chi connectivity index (χ3n) is 4.81. The van der Waals surface area contributed by atoms with E-state index < -0.39 is 0 Å². The summed E-state index contributed by atoms with van der Waals surface area (Å²) in [7, 11) is 2.81. The number of rotatable bonds is 6. The number of methoxy groups -OCH3 is 2. The minimum Gasteiger partial charge on any atom is -0.469 e. The highest BCUT2D eigenvalue weighted by molar-refractivity contribution is 5.83. The van der Waals surface area contributed by atoms with Crippen molar-refractivity contribution in [3.05, 3.63) is 58.7 Å². The monoisotopic (exact) mass is 372 g/mol. The highest BCUT2D eigenvalue weighted by Crippen LogP contribution is 2.44. The molecule has 0 unspecified atom stereocenters. The molecule has 0 spiro atoms. The summed E-state index contributed by atoms with van der Waals surface area (Å²) in [5.41, 5.74) is 4.37. The molecule has 0 aliphatic heterocycles. The maximum atomic E-state index is 11.9. The van der Waals surface area contributed by atoms with Crippen molar-refractivity contribution in [2.75, 3.05) is 14.2 Å². The van der Waals surface area contributed by atoms with Crippen LogP contribution in [-0.4, -0.2) is 26.2 Å². The second kappa shape index (κ2) is 10.1. The molecule has 1 aliphatic carbocycles. The van der Waals surface area contributed by atoms with Crippen LogP contribution in [0.4, 0.5) is 0 Å². The van der Waals surface area contributed by atoms with Gasteiger partial charge in [-0.3, -0.25) is 4.79 Å². The van der Waals surface area contributed by atoms with Gasteiger partial charge < -0.3 is 9.47 Å². The van der Waals surface area contributed by atoms with E-state index in [9.17, 15) is 9.59 Å². The van der Waals surface area contributed by atoms with Crippen LogP contribution in [0.5, 0.6) is 0 Å². The van der Waals surface area contributed by atoms with E-state index in [2.05, 4.69) is 37.7 Å². The summed E-state index contributed by atoms with van der Waals surface area (Å²) < 4.78 is 9.53. The molecule has 4 heteroatoms. The van der Waals surface area contributed by atoms with Crippen LogP contribution in [0.3, 0.4) is 0 Å². The third-order valence-corrected chi connectivity index (χ3v) is 4.81. The van der Waals surface area contributed by atoms with Crippen molar-refractivity contribution in [3.63, 3.8) is 0 Å². The molecular weight excluding hydrogens is 340 g/mol. The summed E-state index contributed by atoms with van der Waals surface area (Å²) in [5.74, 6) is -0.543. The molecule has 27 heavy (non-hydrogen) atoms. The van der Waals surface area contributed by atoms with Crippen molar-refractivity contribution >= 4 is 11.9 Å². The molecule has 0 aromatic heterocycles. The molecule has 0 N–H and O–H groups in total. The number of carbonyl (C=O) groups excluding carboxylic acids is 2. The fourth-order valence-electron chi connectivity index (χ4n) is 3.47. The van der Waals surface area contributed by atoms with Gasteiger partial charge in [0, 0.05) is 6.08 Å². The van der Waals surface area contributed by atoms with Gasteiger partial charge in [0.1, 0.15) is 0 Å². The summed E-state index contributed by atoms with van der Waals surface area (Å²) in [6.07, 6.45) is 13.0. The van der Waals surface area contributed by atoms with Crippen LogP contribution in [0, 0.1) is 11.3 Å². The van der Waals surface area contributed by atoms with Gasteiger partial charge in [-0.05, 0) is 50.2 Å². The number of carbonyl (C=O) groups is 2. The second-order valence-electron chi connectivity index (χ2n) is 7.72.